The molecule has 0 saturated carbocycles. The molecular weight excluding hydrogens is 319 g/mol. The molecule has 0 spiro atoms. The zero-order valence-corrected chi connectivity index (χ0v) is 13.7. The Kier molecular flexibility index (Phi) is 4.16. The molecule has 3 atom stereocenters. The maximum atomic E-state index is 13.8. The van der Waals surface area contributed by atoms with Gasteiger partial charge in [-0.3, -0.25) is 4.90 Å². The molecule has 0 aliphatic carbocycles. The van der Waals surface area contributed by atoms with Gasteiger partial charge in [0.05, 0.1) is 18.2 Å². The molecule has 25 heavy (non-hydrogen) atoms. The molecule has 2 aliphatic rings. The van der Waals surface area contributed by atoms with E-state index in [-0.39, 0.29) is 30.3 Å². The monoisotopic (exact) mass is 338 g/mol. The van der Waals surface area contributed by atoms with Crippen LogP contribution < -0.4 is 4.74 Å². The smallest absolute Gasteiger partial charge is 0.124 e. The molecule has 0 radical (unpaired) electrons. The van der Waals surface area contributed by atoms with Crippen molar-refractivity contribution in [2.75, 3.05) is 19.8 Å². The van der Waals surface area contributed by atoms with Crippen molar-refractivity contribution in [3.8, 4) is 11.8 Å². The van der Waals surface area contributed by atoms with Gasteiger partial charge in [-0.25, -0.2) is 4.39 Å². The van der Waals surface area contributed by atoms with Gasteiger partial charge in [-0.15, -0.1) is 0 Å². The molecule has 2 aromatic rings. The van der Waals surface area contributed by atoms with Gasteiger partial charge in [-0.1, -0.05) is 12.1 Å². The van der Waals surface area contributed by atoms with Crippen molar-refractivity contribution in [2.45, 2.75) is 12.6 Å². The average Bonchev–Trinajstić information content (AvgIpc) is 3.00. The number of aliphatic hydroxyl groups excluding tert-OH is 1. The van der Waals surface area contributed by atoms with Crippen LogP contribution in [0.2, 0.25) is 0 Å². The van der Waals surface area contributed by atoms with Crippen molar-refractivity contribution < 1.29 is 14.2 Å². The van der Waals surface area contributed by atoms with Crippen molar-refractivity contribution in [1.82, 2.24) is 4.90 Å². The number of benzene rings is 2. The second-order valence-corrected chi connectivity index (χ2v) is 6.78. The first-order valence-electron chi connectivity index (χ1n) is 8.46. The number of fused-ring (bicyclic) bond motifs is 3. The number of likely N-dealkylation sites (tertiary alicyclic amines) is 1. The van der Waals surface area contributed by atoms with E-state index in [1.165, 1.54) is 6.07 Å². The summed E-state index contributed by atoms with van der Waals surface area (Å²) in [6, 6.07) is 14.3. The standard InChI is InChI=1S/C20H19FN2O2/c21-16-5-6-19-17(7-16)20-18(12-25-19)15(11-24)10-23(20)9-14-3-1-13(8-22)2-4-14/h1-7,15,18,20,24H,9-12H2/t15-,18-,20-/m0/s1. The van der Waals surface area contributed by atoms with E-state index in [1.807, 2.05) is 24.3 Å². The molecule has 4 nitrogen and oxygen atoms in total. The molecule has 5 heteroatoms. The van der Waals surface area contributed by atoms with Gasteiger partial charge in [0.15, 0.2) is 0 Å². The summed E-state index contributed by atoms with van der Waals surface area (Å²) < 4.78 is 19.6. The van der Waals surface area contributed by atoms with E-state index >= 15 is 0 Å². The molecule has 4 rings (SSSR count). The van der Waals surface area contributed by atoms with Crippen LogP contribution in [-0.2, 0) is 6.54 Å². The number of rotatable bonds is 3. The van der Waals surface area contributed by atoms with Crippen LogP contribution in [-0.4, -0.2) is 29.8 Å². The van der Waals surface area contributed by atoms with E-state index < -0.39 is 0 Å². The van der Waals surface area contributed by atoms with Crippen LogP contribution >= 0.6 is 0 Å². The predicted octanol–water partition coefficient (Wildman–Crippen LogP) is 2.87. The first-order valence-corrected chi connectivity index (χ1v) is 8.46. The Morgan fingerprint density at radius 2 is 2.04 bits per heavy atom. The zero-order chi connectivity index (χ0) is 17.4. The Morgan fingerprint density at radius 3 is 2.76 bits per heavy atom. The quantitative estimate of drug-likeness (QED) is 0.935. The molecule has 2 heterocycles. The molecule has 0 unspecified atom stereocenters. The van der Waals surface area contributed by atoms with Gasteiger partial charge in [0, 0.05) is 43.1 Å². The highest BCUT2D eigenvalue weighted by molar-refractivity contribution is 5.40. The fourth-order valence-corrected chi connectivity index (χ4v) is 4.08. The topological polar surface area (TPSA) is 56.5 Å². The normalized spacial score (nSPS) is 24.9. The summed E-state index contributed by atoms with van der Waals surface area (Å²) >= 11 is 0. The van der Waals surface area contributed by atoms with Crippen molar-refractivity contribution in [3.05, 3.63) is 65.0 Å². The SMILES string of the molecule is N#Cc1ccc(CN2C[C@@H](CO)[C@@H]3COc4ccc(F)cc4[C@@H]32)cc1. The maximum Gasteiger partial charge on any atom is 0.124 e. The summed E-state index contributed by atoms with van der Waals surface area (Å²) in [6.45, 7) is 2.07. The van der Waals surface area contributed by atoms with E-state index in [0.29, 0.717) is 18.7 Å². The van der Waals surface area contributed by atoms with Crippen LogP contribution in [0.4, 0.5) is 4.39 Å². The van der Waals surface area contributed by atoms with Crippen molar-refractivity contribution in [1.29, 1.82) is 5.26 Å². The second kappa shape index (κ2) is 6.47. The van der Waals surface area contributed by atoms with E-state index in [1.54, 1.807) is 12.1 Å². The molecule has 0 aromatic heterocycles. The van der Waals surface area contributed by atoms with Gasteiger partial charge in [-0.05, 0) is 35.9 Å². The summed E-state index contributed by atoms with van der Waals surface area (Å²) in [7, 11) is 0. The lowest BCUT2D eigenvalue weighted by Crippen LogP contribution is -2.32. The number of hydrogen-bond donors (Lipinski definition) is 1. The second-order valence-electron chi connectivity index (χ2n) is 6.78. The van der Waals surface area contributed by atoms with E-state index in [2.05, 4.69) is 11.0 Å². The van der Waals surface area contributed by atoms with Crippen LogP contribution in [0.3, 0.4) is 0 Å². The molecule has 1 saturated heterocycles. The van der Waals surface area contributed by atoms with Crippen LogP contribution in [0.1, 0.15) is 22.7 Å². The zero-order valence-electron chi connectivity index (χ0n) is 13.7. The van der Waals surface area contributed by atoms with Crippen molar-refractivity contribution >= 4 is 0 Å². The number of ether oxygens (including phenoxy) is 1. The van der Waals surface area contributed by atoms with Gasteiger partial charge < -0.3 is 9.84 Å². The highest BCUT2D eigenvalue weighted by Crippen LogP contribution is 2.47. The number of hydrogen-bond acceptors (Lipinski definition) is 4. The third kappa shape index (κ3) is 2.88. The molecule has 128 valence electrons. The number of halogens is 1. The molecule has 2 aliphatic heterocycles. The Hall–Kier alpha value is -2.42. The van der Waals surface area contributed by atoms with Gasteiger partial charge in [0.2, 0.25) is 0 Å². The molecule has 0 bridgehead atoms. The predicted molar refractivity (Wildman–Crippen MR) is 90.3 cm³/mol. The number of aliphatic hydroxyl groups is 1. The summed E-state index contributed by atoms with van der Waals surface area (Å²) in [5.74, 6) is 0.720. The third-order valence-corrected chi connectivity index (χ3v) is 5.30. The summed E-state index contributed by atoms with van der Waals surface area (Å²) in [5.41, 5.74) is 2.59. The lowest BCUT2D eigenvalue weighted by atomic mass is 9.85. The van der Waals surface area contributed by atoms with Crippen LogP contribution in [0.25, 0.3) is 0 Å². The summed E-state index contributed by atoms with van der Waals surface area (Å²) in [5, 5.41) is 18.7. The highest BCUT2D eigenvalue weighted by atomic mass is 19.1. The fraction of sp³-hybridized carbons (Fsp3) is 0.350. The van der Waals surface area contributed by atoms with E-state index in [4.69, 9.17) is 10.00 Å². The first-order chi connectivity index (χ1) is 12.2. The van der Waals surface area contributed by atoms with Gasteiger partial charge in [0.25, 0.3) is 0 Å². The van der Waals surface area contributed by atoms with Crippen LogP contribution in [0, 0.1) is 29.0 Å². The highest BCUT2D eigenvalue weighted by Gasteiger charge is 2.45. The van der Waals surface area contributed by atoms with Gasteiger partial charge in [-0.2, -0.15) is 5.26 Å². The number of nitrogens with zero attached hydrogens (tertiary/aromatic N) is 2. The molecule has 2 aromatic carbocycles. The van der Waals surface area contributed by atoms with Crippen molar-refractivity contribution in [3.63, 3.8) is 0 Å². The van der Waals surface area contributed by atoms with E-state index in [0.717, 1.165) is 23.4 Å². The summed E-state index contributed by atoms with van der Waals surface area (Å²) in [4.78, 5) is 2.29. The Balaban J connectivity index is 1.66. The van der Waals surface area contributed by atoms with Gasteiger partial charge in [0.1, 0.15) is 11.6 Å². The minimum Gasteiger partial charge on any atom is -0.493 e. The van der Waals surface area contributed by atoms with Crippen molar-refractivity contribution in [2.24, 2.45) is 11.8 Å². The minimum absolute atomic E-state index is 0.0345. The minimum atomic E-state index is -0.270. The summed E-state index contributed by atoms with van der Waals surface area (Å²) in [6.07, 6.45) is 0. The first kappa shape index (κ1) is 16.1. The van der Waals surface area contributed by atoms with Gasteiger partial charge >= 0.3 is 0 Å². The Morgan fingerprint density at radius 1 is 1.24 bits per heavy atom. The fourth-order valence-electron chi connectivity index (χ4n) is 4.08. The largest absolute Gasteiger partial charge is 0.493 e. The Labute approximate surface area is 146 Å². The average molecular weight is 338 g/mol. The molecule has 0 amide bonds. The van der Waals surface area contributed by atoms with Crippen LogP contribution in [0.15, 0.2) is 42.5 Å². The lowest BCUT2D eigenvalue weighted by Gasteiger charge is -2.34. The molecule has 1 fully saturated rings. The Bertz CT molecular complexity index is 815. The molecular formula is C20H19FN2O2. The lowest BCUT2D eigenvalue weighted by molar-refractivity contribution is 0.118. The maximum absolute atomic E-state index is 13.8. The third-order valence-electron chi connectivity index (χ3n) is 5.30. The van der Waals surface area contributed by atoms with E-state index in [9.17, 15) is 9.50 Å². The molecule has 1 N–H and O–H groups in total. The van der Waals surface area contributed by atoms with Crippen LogP contribution in [0.5, 0.6) is 5.75 Å². The number of nitriles is 1.